The molecule has 4 nitrogen and oxygen atoms in total. The zero-order valence-corrected chi connectivity index (χ0v) is 19.4. The smallest absolute Gasteiger partial charge is 0.453 e. The molecule has 0 unspecified atom stereocenters. The summed E-state index contributed by atoms with van der Waals surface area (Å²) in [6, 6.07) is 13.9. The van der Waals surface area contributed by atoms with Crippen molar-refractivity contribution < 1.29 is 27.1 Å². The molecule has 0 saturated carbocycles. The van der Waals surface area contributed by atoms with Gasteiger partial charge in [0, 0.05) is 21.7 Å². The number of rotatable bonds is 5. The van der Waals surface area contributed by atoms with E-state index in [9.17, 15) is 18.0 Å². The van der Waals surface area contributed by atoms with Gasteiger partial charge in [0.1, 0.15) is 23.7 Å². The fourth-order valence-corrected chi connectivity index (χ4v) is 3.72. The summed E-state index contributed by atoms with van der Waals surface area (Å²) in [5, 5.41) is 0.761. The van der Waals surface area contributed by atoms with Crippen molar-refractivity contribution in [3.05, 3.63) is 97.3 Å². The maximum atomic E-state index is 13.8. The van der Waals surface area contributed by atoms with Gasteiger partial charge < -0.3 is 13.9 Å². The Morgan fingerprint density at radius 3 is 2.44 bits per heavy atom. The molecule has 176 valence electrons. The van der Waals surface area contributed by atoms with Crippen LogP contribution in [0, 0.1) is 13.8 Å². The highest BCUT2D eigenvalue weighted by molar-refractivity contribution is 6.35. The van der Waals surface area contributed by atoms with Crippen molar-refractivity contribution in [2.75, 3.05) is 0 Å². The van der Waals surface area contributed by atoms with E-state index in [1.807, 2.05) is 0 Å². The lowest BCUT2D eigenvalue weighted by Gasteiger charge is -2.15. The maximum absolute atomic E-state index is 13.8. The highest BCUT2D eigenvalue weighted by Crippen LogP contribution is 2.39. The summed E-state index contributed by atoms with van der Waals surface area (Å²) in [6.45, 7) is 3.46. The normalized spacial score (nSPS) is 11.6. The van der Waals surface area contributed by atoms with Crippen LogP contribution in [-0.4, -0.2) is 0 Å². The third kappa shape index (κ3) is 5.00. The van der Waals surface area contributed by atoms with Crippen LogP contribution in [0.25, 0.3) is 11.0 Å². The summed E-state index contributed by atoms with van der Waals surface area (Å²) < 4.78 is 57.7. The highest BCUT2D eigenvalue weighted by atomic mass is 35.5. The molecule has 4 rings (SSSR count). The van der Waals surface area contributed by atoms with Crippen LogP contribution in [0.5, 0.6) is 17.2 Å². The SMILES string of the molecule is Cc1ccc(C)c(Oc2c(C(F)(F)F)oc3cc(OCc4ccc(Cl)cc4Cl)ccc3c2=O)c1. The van der Waals surface area contributed by atoms with Crippen LogP contribution in [0.3, 0.4) is 0 Å². The van der Waals surface area contributed by atoms with Gasteiger partial charge in [0.2, 0.25) is 11.2 Å². The van der Waals surface area contributed by atoms with E-state index in [0.717, 1.165) is 5.56 Å². The van der Waals surface area contributed by atoms with Gasteiger partial charge in [-0.05, 0) is 55.3 Å². The van der Waals surface area contributed by atoms with Crippen LogP contribution < -0.4 is 14.9 Å². The Hall–Kier alpha value is -3.16. The molecule has 34 heavy (non-hydrogen) atoms. The molecular formula is C25H17Cl2F3O4. The molecule has 0 N–H and O–H groups in total. The molecule has 0 spiro atoms. The Kier molecular flexibility index (Phi) is 6.51. The van der Waals surface area contributed by atoms with E-state index >= 15 is 0 Å². The Labute approximate surface area is 202 Å². The molecule has 0 atom stereocenters. The summed E-state index contributed by atoms with van der Waals surface area (Å²) in [5.41, 5.74) is 0.734. The lowest BCUT2D eigenvalue weighted by atomic mass is 10.1. The first-order valence-corrected chi connectivity index (χ1v) is 10.8. The number of aryl methyl sites for hydroxylation is 2. The minimum atomic E-state index is -4.96. The summed E-state index contributed by atoms with van der Waals surface area (Å²) in [6.07, 6.45) is -4.96. The standard InChI is InChI=1S/C25H17Cl2F3O4/c1-13-3-4-14(2)20(9-13)33-23-22(31)18-8-7-17(11-21(18)34-24(23)25(28,29)30)32-12-15-5-6-16(26)10-19(15)27/h3-11H,12H2,1-2H3. The Morgan fingerprint density at radius 1 is 0.971 bits per heavy atom. The first kappa shape index (κ1) is 24.0. The van der Waals surface area contributed by atoms with E-state index in [0.29, 0.717) is 21.2 Å². The first-order chi connectivity index (χ1) is 16.0. The second-order valence-electron chi connectivity index (χ2n) is 7.64. The fourth-order valence-electron chi connectivity index (χ4n) is 3.25. The van der Waals surface area contributed by atoms with Gasteiger partial charge in [-0.15, -0.1) is 0 Å². The van der Waals surface area contributed by atoms with Gasteiger partial charge in [-0.25, -0.2) is 0 Å². The number of hydrogen-bond acceptors (Lipinski definition) is 4. The summed E-state index contributed by atoms with van der Waals surface area (Å²) in [5.74, 6) is -2.12. The van der Waals surface area contributed by atoms with Crippen molar-refractivity contribution in [3.63, 3.8) is 0 Å². The Morgan fingerprint density at radius 2 is 1.74 bits per heavy atom. The van der Waals surface area contributed by atoms with E-state index in [-0.39, 0.29) is 29.1 Å². The molecule has 1 aromatic heterocycles. The third-order valence-electron chi connectivity index (χ3n) is 5.04. The molecular weight excluding hydrogens is 492 g/mol. The third-order valence-corrected chi connectivity index (χ3v) is 5.63. The van der Waals surface area contributed by atoms with Gasteiger partial charge in [0.05, 0.1) is 5.39 Å². The topological polar surface area (TPSA) is 48.7 Å². The number of benzene rings is 3. The van der Waals surface area contributed by atoms with Gasteiger partial charge in [-0.3, -0.25) is 4.79 Å². The van der Waals surface area contributed by atoms with Crippen LogP contribution in [0.2, 0.25) is 10.0 Å². The molecule has 0 aliphatic carbocycles. The molecule has 0 fully saturated rings. The highest BCUT2D eigenvalue weighted by Gasteiger charge is 2.40. The monoisotopic (exact) mass is 508 g/mol. The average Bonchev–Trinajstić information content (AvgIpc) is 2.76. The first-order valence-electron chi connectivity index (χ1n) is 10.0. The van der Waals surface area contributed by atoms with Crippen LogP contribution in [0.15, 0.2) is 63.8 Å². The summed E-state index contributed by atoms with van der Waals surface area (Å²) in [4.78, 5) is 13.0. The van der Waals surface area contributed by atoms with E-state index in [2.05, 4.69) is 0 Å². The van der Waals surface area contributed by atoms with Crippen molar-refractivity contribution in [2.45, 2.75) is 26.6 Å². The molecule has 0 bridgehead atoms. The minimum absolute atomic E-state index is 0.0334. The van der Waals surface area contributed by atoms with Crippen LogP contribution in [0.4, 0.5) is 13.2 Å². The molecule has 0 aliphatic rings. The lowest BCUT2D eigenvalue weighted by molar-refractivity contribution is -0.154. The van der Waals surface area contributed by atoms with Crippen molar-refractivity contribution in [2.24, 2.45) is 0 Å². The molecule has 9 heteroatoms. The van der Waals surface area contributed by atoms with Gasteiger partial charge in [-0.1, -0.05) is 41.4 Å². The minimum Gasteiger partial charge on any atom is -0.489 e. The van der Waals surface area contributed by atoms with Crippen LogP contribution in [-0.2, 0) is 12.8 Å². The molecule has 0 aliphatic heterocycles. The second kappa shape index (κ2) is 9.24. The largest absolute Gasteiger partial charge is 0.489 e. The summed E-state index contributed by atoms with van der Waals surface area (Å²) >= 11 is 12.0. The Balaban J connectivity index is 1.74. The quantitative estimate of drug-likeness (QED) is 0.273. The van der Waals surface area contributed by atoms with Crippen molar-refractivity contribution in [1.29, 1.82) is 0 Å². The van der Waals surface area contributed by atoms with Crippen LogP contribution in [0.1, 0.15) is 22.5 Å². The Bertz CT molecular complexity index is 1450. The van der Waals surface area contributed by atoms with Crippen molar-refractivity contribution in [1.82, 2.24) is 0 Å². The van der Waals surface area contributed by atoms with Crippen LogP contribution >= 0.6 is 23.2 Å². The number of alkyl halides is 3. The maximum Gasteiger partial charge on any atom is 0.453 e. The predicted molar refractivity (Wildman–Crippen MR) is 124 cm³/mol. The number of fused-ring (bicyclic) bond motifs is 1. The molecule has 0 saturated heterocycles. The van der Waals surface area contributed by atoms with Gasteiger partial charge in [0.25, 0.3) is 5.76 Å². The second-order valence-corrected chi connectivity index (χ2v) is 8.48. The number of halogens is 5. The molecule has 1 heterocycles. The fraction of sp³-hybridized carbons (Fsp3) is 0.160. The van der Waals surface area contributed by atoms with E-state index in [4.69, 9.17) is 37.1 Å². The number of ether oxygens (including phenoxy) is 2. The van der Waals surface area contributed by atoms with E-state index in [1.54, 1.807) is 50.2 Å². The van der Waals surface area contributed by atoms with Crippen molar-refractivity contribution in [3.8, 4) is 17.2 Å². The van der Waals surface area contributed by atoms with Gasteiger partial charge >= 0.3 is 6.18 Å². The zero-order valence-electron chi connectivity index (χ0n) is 17.9. The van der Waals surface area contributed by atoms with Gasteiger partial charge in [0.15, 0.2) is 0 Å². The van der Waals surface area contributed by atoms with Gasteiger partial charge in [-0.2, -0.15) is 13.2 Å². The summed E-state index contributed by atoms with van der Waals surface area (Å²) in [7, 11) is 0. The van der Waals surface area contributed by atoms with E-state index < -0.39 is 23.1 Å². The van der Waals surface area contributed by atoms with Crippen molar-refractivity contribution >= 4 is 34.2 Å². The molecule has 0 amide bonds. The molecule has 4 aromatic rings. The zero-order chi connectivity index (χ0) is 24.6. The number of hydrogen-bond donors (Lipinski definition) is 0. The van der Waals surface area contributed by atoms with E-state index in [1.165, 1.54) is 18.2 Å². The predicted octanol–water partition coefficient (Wildman–Crippen LogP) is 8.11. The molecule has 3 aromatic carbocycles. The lowest BCUT2D eigenvalue weighted by Crippen LogP contribution is -2.15. The molecule has 0 radical (unpaired) electrons. The average molecular weight is 509 g/mol.